The third kappa shape index (κ3) is 5.36. The SMILES string of the molecule is Fc1ccc(COc2cccc(C3CCN(Cc4nc5ccccc5n4C[C@@H]4CCO4)CC3)n2)c(F)c1. The number of pyridine rings is 1. The zero-order valence-electron chi connectivity index (χ0n) is 20.7. The first kappa shape index (κ1) is 24.0. The number of aromatic nitrogens is 3. The molecule has 192 valence electrons. The number of imidazole rings is 1. The Morgan fingerprint density at radius 3 is 2.57 bits per heavy atom. The first-order chi connectivity index (χ1) is 18.1. The fraction of sp³-hybridized carbons (Fsp3) is 0.379. The minimum Gasteiger partial charge on any atom is -0.473 e. The average Bonchev–Trinajstić information content (AvgIpc) is 3.23. The van der Waals surface area contributed by atoms with Gasteiger partial charge < -0.3 is 14.0 Å². The van der Waals surface area contributed by atoms with Crippen LogP contribution in [0, 0.1) is 11.6 Å². The topological polar surface area (TPSA) is 52.4 Å². The summed E-state index contributed by atoms with van der Waals surface area (Å²) in [7, 11) is 0. The third-order valence-corrected chi connectivity index (χ3v) is 7.42. The van der Waals surface area contributed by atoms with Gasteiger partial charge in [0.2, 0.25) is 5.88 Å². The van der Waals surface area contributed by atoms with Crippen molar-refractivity contribution in [3.8, 4) is 5.88 Å². The Kier molecular flexibility index (Phi) is 6.85. The zero-order chi connectivity index (χ0) is 25.2. The molecule has 0 unspecified atom stereocenters. The number of rotatable bonds is 8. The number of para-hydroxylation sites is 2. The molecule has 8 heteroatoms. The fourth-order valence-electron chi connectivity index (χ4n) is 5.20. The van der Waals surface area contributed by atoms with Gasteiger partial charge in [-0.15, -0.1) is 0 Å². The standard InChI is InChI=1S/C29H30F2N4O2/c30-22-9-8-21(24(31)16-22)19-37-29-7-3-5-25(33-29)20-10-13-34(14-11-20)18-28-32-26-4-1-2-6-27(26)35(28)17-23-12-15-36-23/h1-9,16,20,23H,10-15,17-19H2/t23-/m0/s1. The second kappa shape index (κ2) is 10.6. The highest BCUT2D eigenvalue weighted by atomic mass is 19.1. The highest BCUT2D eigenvalue weighted by molar-refractivity contribution is 5.75. The monoisotopic (exact) mass is 504 g/mol. The van der Waals surface area contributed by atoms with Crippen molar-refractivity contribution in [2.75, 3.05) is 19.7 Å². The van der Waals surface area contributed by atoms with Crippen LogP contribution in [0.3, 0.4) is 0 Å². The number of piperidine rings is 1. The Morgan fingerprint density at radius 1 is 0.946 bits per heavy atom. The molecule has 4 aromatic rings. The van der Waals surface area contributed by atoms with Gasteiger partial charge in [0.15, 0.2) is 0 Å². The summed E-state index contributed by atoms with van der Waals surface area (Å²) in [6.07, 6.45) is 3.37. The van der Waals surface area contributed by atoms with Crippen LogP contribution in [0.25, 0.3) is 11.0 Å². The summed E-state index contributed by atoms with van der Waals surface area (Å²) in [6, 6.07) is 17.6. The molecular weight excluding hydrogens is 474 g/mol. The summed E-state index contributed by atoms with van der Waals surface area (Å²) in [5.41, 5.74) is 3.50. The molecule has 2 aromatic heterocycles. The van der Waals surface area contributed by atoms with E-state index in [-0.39, 0.29) is 12.7 Å². The first-order valence-electron chi connectivity index (χ1n) is 12.9. The number of halogens is 2. The second-order valence-corrected chi connectivity index (χ2v) is 9.88. The van der Waals surface area contributed by atoms with Crippen LogP contribution in [0.15, 0.2) is 60.7 Å². The van der Waals surface area contributed by atoms with Gasteiger partial charge in [-0.1, -0.05) is 18.2 Å². The zero-order valence-corrected chi connectivity index (χ0v) is 20.7. The molecule has 0 N–H and O–H groups in total. The van der Waals surface area contributed by atoms with Gasteiger partial charge in [0, 0.05) is 35.9 Å². The summed E-state index contributed by atoms with van der Waals surface area (Å²) < 4.78 is 40.8. The molecule has 1 atom stereocenters. The van der Waals surface area contributed by atoms with Crippen molar-refractivity contribution >= 4 is 11.0 Å². The van der Waals surface area contributed by atoms with E-state index in [0.717, 1.165) is 75.1 Å². The van der Waals surface area contributed by atoms with Gasteiger partial charge >= 0.3 is 0 Å². The van der Waals surface area contributed by atoms with Crippen LogP contribution in [-0.4, -0.2) is 45.2 Å². The second-order valence-electron chi connectivity index (χ2n) is 9.88. The number of hydrogen-bond donors (Lipinski definition) is 0. The van der Waals surface area contributed by atoms with E-state index in [4.69, 9.17) is 19.4 Å². The van der Waals surface area contributed by atoms with Crippen LogP contribution in [-0.2, 0) is 24.4 Å². The Balaban J connectivity index is 1.08. The lowest BCUT2D eigenvalue weighted by Crippen LogP contribution is -2.35. The molecule has 0 amide bonds. The van der Waals surface area contributed by atoms with Crippen molar-refractivity contribution in [1.82, 2.24) is 19.4 Å². The summed E-state index contributed by atoms with van der Waals surface area (Å²) in [5, 5.41) is 0. The molecule has 37 heavy (non-hydrogen) atoms. The van der Waals surface area contributed by atoms with E-state index < -0.39 is 11.6 Å². The van der Waals surface area contributed by atoms with Crippen LogP contribution >= 0.6 is 0 Å². The number of fused-ring (bicyclic) bond motifs is 1. The summed E-state index contributed by atoms with van der Waals surface area (Å²) in [5.74, 6) is 0.673. The summed E-state index contributed by atoms with van der Waals surface area (Å²) in [4.78, 5) is 12.1. The lowest BCUT2D eigenvalue weighted by molar-refractivity contribution is -0.0592. The predicted molar refractivity (Wildman–Crippen MR) is 136 cm³/mol. The lowest BCUT2D eigenvalue weighted by Gasteiger charge is -2.32. The Hall–Kier alpha value is -3.36. The van der Waals surface area contributed by atoms with Gasteiger partial charge in [-0.05, 0) is 62.7 Å². The maximum Gasteiger partial charge on any atom is 0.213 e. The van der Waals surface area contributed by atoms with Gasteiger partial charge in [-0.3, -0.25) is 4.90 Å². The molecule has 0 spiro atoms. The third-order valence-electron chi connectivity index (χ3n) is 7.42. The smallest absolute Gasteiger partial charge is 0.213 e. The number of ether oxygens (including phenoxy) is 2. The van der Waals surface area contributed by atoms with Crippen LogP contribution in [0.4, 0.5) is 8.78 Å². The Morgan fingerprint density at radius 2 is 1.78 bits per heavy atom. The van der Waals surface area contributed by atoms with E-state index in [1.165, 1.54) is 17.6 Å². The maximum atomic E-state index is 13.9. The van der Waals surface area contributed by atoms with E-state index in [2.05, 4.69) is 27.7 Å². The molecule has 0 aliphatic carbocycles. The van der Waals surface area contributed by atoms with Crippen molar-refractivity contribution < 1.29 is 18.3 Å². The number of benzene rings is 2. The van der Waals surface area contributed by atoms with Gasteiger partial charge in [-0.2, -0.15) is 0 Å². The number of nitrogens with zero attached hydrogens (tertiary/aromatic N) is 4. The van der Waals surface area contributed by atoms with E-state index in [0.29, 0.717) is 17.4 Å². The Labute approximate surface area is 214 Å². The molecule has 2 fully saturated rings. The quantitative estimate of drug-likeness (QED) is 0.319. The molecule has 0 bridgehead atoms. The van der Waals surface area contributed by atoms with Gasteiger partial charge in [-0.25, -0.2) is 18.7 Å². The average molecular weight is 505 g/mol. The van der Waals surface area contributed by atoms with E-state index >= 15 is 0 Å². The minimum absolute atomic E-state index is 0.00785. The van der Waals surface area contributed by atoms with Crippen molar-refractivity contribution in [2.24, 2.45) is 0 Å². The van der Waals surface area contributed by atoms with Gasteiger partial charge in [0.05, 0.1) is 30.2 Å². The number of hydrogen-bond acceptors (Lipinski definition) is 5. The van der Waals surface area contributed by atoms with Gasteiger partial charge in [0.1, 0.15) is 24.1 Å². The molecule has 6 nitrogen and oxygen atoms in total. The van der Waals surface area contributed by atoms with E-state index in [9.17, 15) is 8.78 Å². The van der Waals surface area contributed by atoms with Crippen molar-refractivity contribution in [3.63, 3.8) is 0 Å². The van der Waals surface area contributed by atoms with Crippen LogP contribution < -0.4 is 4.74 Å². The van der Waals surface area contributed by atoms with Crippen LogP contribution in [0.5, 0.6) is 5.88 Å². The lowest BCUT2D eigenvalue weighted by atomic mass is 9.93. The fourth-order valence-corrected chi connectivity index (χ4v) is 5.20. The molecule has 2 aliphatic heterocycles. The molecule has 4 heterocycles. The summed E-state index contributed by atoms with van der Waals surface area (Å²) >= 11 is 0. The maximum absolute atomic E-state index is 13.9. The van der Waals surface area contributed by atoms with Crippen LogP contribution in [0.1, 0.15) is 42.3 Å². The first-order valence-corrected chi connectivity index (χ1v) is 12.9. The highest BCUT2D eigenvalue weighted by Gasteiger charge is 2.25. The van der Waals surface area contributed by atoms with Crippen molar-refractivity contribution in [1.29, 1.82) is 0 Å². The highest BCUT2D eigenvalue weighted by Crippen LogP contribution is 2.29. The molecular formula is C29H30F2N4O2. The largest absolute Gasteiger partial charge is 0.473 e. The van der Waals surface area contributed by atoms with E-state index in [1.54, 1.807) is 6.07 Å². The normalized spacial score (nSPS) is 18.7. The van der Waals surface area contributed by atoms with Crippen molar-refractivity contribution in [3.05, 3.63) is 89.4 Å². The minimum atomic E-state index is -0.614. The van der Waals surface area contributed by atoms with Crippen LogP contribution in [0.2, 0.25) is 0 Å². The molecule has 6 rings (SSSR count). The predicted octanol–water partition coefficient (Wildman–Crippen LogP) is 5.46. The molecule has 0 saturated carbocycles. The van der Waals surface area contributed by atoms with Gasteiger partial charge in [0.25, 0.3) is 0 Å². The molecule has 0 radical (unpaired) electrons. The Bertz CT molecular complexity index is 1380. The van der Waals surface area contributed by atoms with E-state index in [1.807, 2.05) is 18.2 Å². The molecule has 2 saturated heterocycles. The molecule has 2 aromatic carbocycles. The summed E-state index contributed by atoms with van der Waals surface area (Å²) in [6.45, 7) is 4.44. The molecule has 2 aliphatic rings. The number of likely N-dealkylation sites (tertiary alicyclic amines) is 1. The van der Waals surface area contributed by atoms with Crippen molar-refractivity contribution in [2.45, 2.75) is 51.0 Å².